The highest BCUT2D eigenvalue weighted by molar-refractivity contribution is 5.63. The van der Waals surface area contributed by atoms with Gasteiger partial charge in [0.2, 0.25) is 0 Å². The SMILES string of the molecule is CO[C@H]1O[C@H](COCc2ccccc2)[C@@H](OCc2ccccc2)[C@H](O[C@H]2O[C@H](COCc3ccccc3)[C@H](OCc3ccccc3)[C@@H]3OC(=O)O[C@@H]23)[C@H]1OCc1ccccc1. The Morgan fingerprint density at radius 2 is 0.803 bits per heavy atom. The van der Waals surface area contributed by atoms with Gasteiger partial charge in [0.1, 0.15) is 36.6 Å². The van der Waals surface area contributed by atoms with Crippen LogP contribution in [0.2, 0.25) is 0 Å². The topological polar surface area (TPSA) is 119 Å². The minimum Gasteiger partial charge on any atom is -0.424 e. The summed E-state index contributed by atoms with van der Waals surface area (Å²) in [5, 5.41) is 0. The molecular weight excluding hydrogens is 781 g/mol. The largest absolute Gasteiger partial charge is 0.509 e. The number of hydrogen-bond donors (Lipinski definition) is 0. The second-order valence-electron chi connectivity index (χ2n) is 15.1. The van der Waals surface area contributed by atoms with Gasteiger partial charge in [-0.2, -0.15) is 0 Å². The van der Waals surface area contributed by atoms with Crippen LogP contribution in [0.5, 0.6) is 0 Å². The molecule has 61 heavy (non-hydrogen) atoms. The first-order valence-electron chi connectivity index (χ1n) is 20.7. The van der Waals surface area contributed by atoms with Crippen molar-refractivity contribution in [3.8, 4) is 0 Å². The maximum absolute atomic E-state index is 13.1. The molecule has 3 heterocycles. The van der Waals surface area contributed by atoms with E-state index in [-0.39, 0.29) is 33.0 Å². The molecule has 0 unspecified atom stereocenters. The minimum atomic E-state index is -1.17. The molecule has 320 valence electrons. The molecule has 0 saturated carbocycles. The molecule has 3 aliphatic heterocycles. The summed E-state index contributed by atoms with van der Waals surface area (Å²) >= 11 is 0. The Balaban J connectivity index is 1.10. The Kier molecular flexibility index (Phi) is 15.2. The lowest BCUT2D eigenvalue weighted by Gasteiger charge is -2.48. The highest BCUT2D eigenvalue weighted by Crippen LogP contribution is 2.38. The lowest BCUT2D eigenvalue weighted by atomic mass is 9.96. The lowest BCUT2D eigenvalue weighted by Crippen LogP contribution is -2.65. The van der Waals surface area contributed by atoms with E-state index < -0.39 is 67.6 Å². The van der Waals surface area contributed by atoms with Crippen LogP contribution in [0.3, 0.4) is 0 Å². The van der Waals surface area contributed by atoms with Crippen molar-refractivity contribution < 1.29 is 56.9 Å². The summed E-state index contributed by atoms with van der Waals surface area (Å²) < 4.78 is 70.7. The number of carbonyl (C=O) groups is 1. The van der Waals surface area contributed by atoms with Crippen LogP contribution in [-0.2, 0) is 85.1 Å². The Hall–Kier alpha value is -4.99. The van der Waals surface area contributed by atoms with Crippen LogP contribution in [-0.4, -0.2) is 87.9 Å². The maximum Gasteiger partial charge on any atom is 0.509 e. The number of fused-ring (bicyclic) bond motifs is 1. The molecule has 0 N–H and O–H groups in total. The van der Waals surface area contributed by atoms with Crippen LogP contribution in [0.15, 0.2) is 152 Å². The van der Waals surface area contributed by atoms with E-state index in [1.54, 1.807) is 7.11 Å². The lowest BCUT2D eigenvalue weighted by molar-refractivity contribution is -0.363. The van der Waals surface area contributed by atoms with Crippen molar-refractivity contribution in [1.82, 2.24) is 0 Å². The Morgan fingerprint density at radius 3 is 1.26 bits per heavy atom. The van der Waals surface area contributed by atoms with Crippen molar-refractivity contribution in [2.75, 3.05) is 20.3 Å². The van der Waals surface area contributed by atoms with Gasteiger partial charge in [-0.15, -0.1) is 0 Å². The number of ether oxygens (including phenoxy) is 11. The summed E-state index contributed by atoms with van der Waals surface area (Å²) in [6.45, 7) is 1.60. The molecular formula is C49H52O12. The monoisotopic (exact) mass is 832 g/mol. The predicted molar refractivity (Wildman–Crippen MR) is 222 cm³/mol. The van der Waals surface area contributed by atoms with Gasteiger partial charge in [-0.1, -0.05) is 152 Å². The Bertz CT molecular complexity index is 2030. The second kappa shape index (κ2) is 21.7. The first kappa shape index (κ1) is 42.7. The smallest absolute Gasteiger partial charge is 0.424 e. The first-order valence-corrected chi connectivity index (χ1v) is 20.7. The standard InChI is InChI=1S/C49H52O12/c1-51-47-45(56-31-38-25-15-6-16-26-38)43(41(54-29-36-21-11-4-12-22-36)39(57-47)32-52-27-34-17-7-2-8-18-34)59-48-46-44(60-49(50)61-46)42(55-30-37-23-13-5-14-24-37)40(58-48)33-53-28-35-19-9-3-10-20-35/h2-26,39-48H,27-33H2,1H3/t39-,40-,41-,42+,43+,44+,45-,46-,47+,48-/m1/s1. The number of hydrogen-bond acceptors (Lipinski definition) is 12. The summed E-state index contributed by atoms with van der Waals surface area (Å²) in [6.07, 6.45) is -9.59. The average molecular weight is 833 g/mol. The van der Waals surface area contributed by atoms with Crippen molar-refractivity contribution >= 4 is 6.16 Å². The average Bonchev–Trinajstić information content (AvgIpc) is 3.71. The van der Waals surface area contributed by atoms with Crippen LogP contribution < -0.4 is 0 Å². The van der Waals surface area contributed by atoms with E-state index in [0.29, 0.717) is 13.2 Å². The molecule has 12 nitrogen and oxygen atoms in total. The van der Waals surface area contributed by atoms with Crippen molar-refractivity contribution in [2.24, 2.45) is 0 Å². The van der Waals surface area contributed by atoms with Gasteiger partial charge in [-0.25, -0.2) is 4.79 Å². The van der Waals surface area contributed by atoms with E-state index in [1.165, 1.54) is 0 Å². The molecule has 0 bridgehead atoms. The summed E-state index contributed by atoms with van der Waals surface area (Å²) in [5.74, 6) is 0. The normalized spacial score (nSPS) is 27.2. The fourth-order valence-electron chi connectivity index (χ4n) is 7.76. The van der Waals surface area contributed by atoms with Crippen molar-refractivity contribution in [2.45, 2.75) is 94.4 Å². The molecule has 0 amide bonds. The van der Waals surface area contributed by atoms with Crippen LogP contribution in [0.4, 0.5) is 4.79 Å². The Labute approximate surface area is 356 Å². The van der Waals surface area contributed by atoms with Gasteiger partial charge in [0.15, 0.2) is 24.8 Å². The second-order valence-corrected chi connectivity index (χ2v) is 15.1. The molecule has 10 atom stereocenters. The Morgan fingerprint density at radius 1 is 0.426 bits per heavy atom. The third-order valence-electron chi connectivity index (χ3n) is 10.8. The minimum absolute atomic E-state index is 0.0985. The quantitative estimate of drug-likeness (QED) is 0.0721. The van der Waals surface area contributed by atoms with E-state index in [9.17, 15) is 4.79 Å². The molecule has 3 saturated heterocycles. The maximum atomic E-state index is 13.1. The summed E-state index contributed by atoms with van der Waals surface area (Å²) in [4.78, 5) is 13.1. The number of rotatable bonds is 20. The molecule has 12 heteroatoms. The first-order chi connectivity index (χ1) is 30.1. The van der Waals surface area contributed by atoms with E-state index in [4.69, 9.17) is 52.1 Å². The van der Waals surface area contributed by atoms with Crippen LogP contribution in [0, 0.1) is 0 Å². The van der Waals surface area contributed by atoms with Crippen LogP contribution in [0.1, 0.15) is 27.8 Å². The van der Waals surface area contributed by atoms with Crippen LogP contribution >= 0.6 is 0 Å². The number of carbonyl (C=O) groups excluding carboxylic acids is 1. The number of benzene rings is 5. The summed E-state index contributed by atoms with van der Waals surface area (Å²) in [7, 11) is 1.56. The molecule has 3 aliphatic rings. The van der Waals surface area contributed by atoms with Gasteiger partial charge in [-0.05, 0) is 27.8 Å². The predicted octanol–water partition coefficient (Wildman–Crippen LogP) is 7.56. The van der Waals surface area contributed by atoms with Crippen molar-refractivity contribution in [3.63, 3.8) is 0 Å². The van der Waals surface area contributed by atoms with E-state index in [1.807, 2.05) is 152 Å². The molecule has 0 spiro atoms. The summed E-state index contributed by atoms with van der Waals surface area (Å²) in [5.41, 5.74) is 4.83. The van der Waals surface area contributed by atoms with Gasteiger partial charge in [0.05, 0.1) is 46.2 Å². The molecule has 5 aromatic rings. The molecule has 5 aromatic carbocycles. The van der Waals surface area contributed by atoms with E-state index >= 15 is 0 Å². The third kappa shape index (κ3) is 11.5. The fraction of sp³-hybridized carbons (Fsp3) is 0.367. The van der Waals surface area contributed by atoms with Gasteiger partial charge in [0.25, 0.3) is 0 Å². The zero-order valence-corrected chi connectivity index (χ0v) is 34.1. The van der Waals surface area contributed by atoms with Crippen molar-refractivity contribution in [3.05, 3.63) is 179 Å². The molecule has 0 radical (unpaired) electrons. The fourth-order valence-corrected chi connectivity index (χ4v) is 7.76. The third-order valence-corrected chi connectivity index (χ3v) is 10.8. The zero-order chi connectivity index (χ0) is 41.6. The van der Waals surface area contributed by atoms with Gasteiger partial charge >= 0.3 is 6.16 Å². The molecule has 0 aliphatic carbocycles. The van der Waals surface area contributed by atoms with Crippen LogP contribution in [0.25, 0.3) is 0 Å². The van der Waals surface area contributed by atoms with E-state index in [2.05, 4.69) is 0 Å². The van der Waals surface area contributed by atoms with E-state index in [0.717, 1.165) is 27.8 Å². The van der Waals surface area contributed by atoms with Gasteiger partial charge in [-0.3, -0.25) is 0 Å². The zero-order valence-electron chi connectivity index (χ0n) is 34.1. The molecule has 3 fully saturated rings. The molecule has 8 rings (SSSR count). The van der Waals surface area contributed by atoms with Gasteiger partial charge < -0.3 is 52.1 Å². The van der Waals surface area contributed by atoms with Crippen molar-refractivity contribution in [1.29, 1.82) is 0 Å². The van der Waals surface area contributed by atoms with Gasteiger partial charge in [0, 0.05) is 7.11 Å². The summed E-state index contributed by atoms with van der Waals surface area (Å²) in [6, 6.07) is 49.1. The highest BCUT2D eigenvalue weighted by Gasteiger charge is 2.58. The number of methoxy groups -OCH3 is 1. The molecule has 0 aromatic heterocycles. The highest BCUT2D eigenvalue weighted by atomic mass is 16.8.